The van der Waals surface area contributed by atoms with Crippen molar-refractivity contribution >= 4 is 22.7 Å². The number of thiazole rings is 1. The first-order valence-electron chi connectivity index (χ1n) is 6.66. The average molecular weight is 289 g/mol. The molecule has 0 spiro atoms. The van der Waals surface area contributed by atoms with Crippen molar-refractivity contribution in [2.45, 2.75) is 25.3 Å². The molecule has 0 radical (unpaired) electrons. The minimum absolute atomic E-state index is 0.136. The Morgan fingerprint density at radius 1 is 1.30 bits per heavy atom. The van der Waals surface area contributed by atoms with Crippen molar-refractivity contribution in [2.24, 2.45) is 0 Å². The monoisotopic (exact) mass is 289 g/mol. The largest absolute Gasteiger partial charge is 0.362 e. The number of hydrogen-bond donors (Lipinski definition) is 0. The summed E-state index contributed by atoms with van der Waals surface area (Å²) in [6.45, 7) is 0.974. The van der Waals surface area contributed by atoms with E-state index in [2.05, 4.69) is 9.88 Å². The van der Waals surface area contributed by atoms with Crippen LogP contribution in [0.3, 0.4) is 0 Å². The molecule has 1 atom stereocenters. The van der Waals surface area contributed by atoms with Gasteiger partial charge in [-0.05, 0) is 31.4 Å². The molecule has 5 nitrogen and oxygen atoms in total. The molecule has 1 unspecified atom stereocenters. The Hall–Kier alpha value is -1.95. The topological polar surface area (TPSA) is 59.3 Å². The molecule has 1 aliphatic rings. The normalized spacial score (nSPS) is 19.0. The average Bonchev–Trinajstić information content (AvgIpc) is 3.01. The number of nitro benzene ring substituents is 1. The molecule has 1 aromatic heterocycles. The lowest BCUT2D eigenvalue weighted by molar-refractivity contribution is -0.384. The highest BCUT2D eigenvalue weighted by Gasteiger charge is 2.26. The fourth-order valence-corrected chi connectivity index (χ4v) is 3.45. The zero-order valence-corrected chi connectivity index (χ0v) is 11.8. The van der Waals surface area contributed by atoms with Gasteiger partial charge in [0, 0.05) is 35.9 Å². The van der Waals surface area contributed by atoms with E-state index in [1.807, 2.05) is 23.7 Å². The molecule has 0 N–H and O–H groups in total. The van der Waals surface area contributed by atoms with E-state index in [0.717, 1.165) is 30.1 Å². The van der Waals surface area contributed by atoms with Crippen LogP contribution in [-0.4, -0.2) is 16.5 Å². The number of nitro groups is 1. The van der Waals surface area contributed by atoms with Gasteiger partial charge >= 0.3 is 0 Å². The molecule has 6 heteroatoms. The van der Waals surface area contributed by atoms with Gasteiger partial charge < -0.3 is 4.90 Å². The van der Waals surface area contributed by atoms with E-state index in [9.17, 15) is 10.1 Å². The van der Waals surface area contributed by atoms with Gasteiger partial charge in [-0.15, -0.1) is 11.3 Å². The van der Waals surface area contributed by atoms with Crippen LogP contribution < -0.4 is 4.90 Å². The van der Waals surface area contributed by atoms with Crippen molar-refractivity contribution in [1.82, 2.24) is 4.98 Å². The van der Waals surface area contributed by atoms with Crippen LogP contribution in [0.15, 0.2) is 35.8 Å². The van der Waals surface area contributed by atoms with Crippen LogP contribution in [0.4, 0.5) is 11.4 Å². The highest BCUT2D eigenvalue weighted by molar-refractivity contribution is 7.09. The van der Waals surface area contributed by atoms with E-state index < -0.39 is 0 Å². The molecule has 0 aliphatic carbocycles. The van der Waals surface area contributed by atoms with Crippen LogP contribution in [0.25, 0.3) is 0 Å². The van der Waals surface area contributed by atoms with E-state index in [0.29, 0.717) is 6.04 Å². The molecule has 0 amide bonds. The van der Waals surface area contributed by atoms with Crippen molar-refractivity contribution in [3.05, 3.63) is 51.0 Å². The van der Waals surface area contributed by atoms with Gasteiger partial charge in [-0.2, -0.15) is 0 Å². The molecule has 1 aromatic carbocycles. The summed E-state index contributed by atoms with van der Waals surface area (Å²) >= 11 is 1.67. The number of anilines is 1. The lowest BCUT2D eigenvalue weighted by Crippen LogP contribution is -2.33. The Kier molecular flexibility index (Phi) is 3.64. The van der Waals surface area contributed by atoms with Gasteiger partial charge in [0.2, 0.25) is 0 Å². The maximum absolute atomic E-state index is 10.7. The van der Waals surface area contributed by atoms with Gasteiger partial charge in [-0.1, -0.05) is 0 Å². The number of non-ortho nitro benzene ring substituents is 1. The SMILES string of the molecule is O=[N+]([O-])c1ccc(N2CCCCC2c2nccs2)cc1. The first kappa shape index (κ1) is 13.1. The molecule has 0 bridgehead atoms. The van der Waals surface area contributed by atoms with Crippen molar-refractivity contribution in [1.29, 1.82) is 0 Å². The van der Waals surface area contributed by atoms with Crippen LogP contribution in [-0.2, 0) is 0 Å². The molecule has 0 saturated carbocycles. The maximum Gasteiger partial charge on any atom is 0.269 e. The fraction of sp³-hybridized carbons (Fsp3) is 0.357. The van der Waals surface area contributed by atoms with E-state index >= 15 is 0 Å². The Balaban J connectivity index is 1.88. The standard InChI is InChI=1S/C14H15N3O2S/c18-17(19)12-6-4-11(5-7-12)16-9-2-1-3-13(16)14-15-8-10-20-14/h4-8,10,13H,1-3,9H2. The molecule has 2 heterocycles. The minimum Gasteiger partial charge on any atom is -0.362 e. The highest BCUT2D eigenvalue weighted by Crippen LogP contribution is 2.36. The van der Waals surface area contributed by atoms with Gasteiger partial charge in [-0.25, -0.2) is 4.98 Å². The van der Waals surface area contributed by atoms with E-state index in [-0.39, 0.29) is 10.6 Å². The zero-order chi connectivity index (χ0) is 13.9. The van der Waals surface area contributed by atoms with E-state index in [1.54, 1.807) is 23.5 Å². The fourth-order valence-electron chi connectivity index (χ4n) is 2.66. The van der Waals surface area contributed by atoms with Gasteiger partial charge in [0.1, 0.15) is 5.01 Å². The summed E-state index contributed by atoms with van der Waals surface area (Å²) in [5.41, 5.74) is 1.17. The molecule has 104 valence electrons. The number of nitrogens with zero attached hydrogens (tertiary/aromatic N) is 3. The first-order chi connectivity index (χ1) is 9.75. The van der Waals surface area contributed by atoms with Crippen molar-refractivity contribution in [3.8, 4) is 0 Å². The lowest BCUT2D eigenvalue weighted by Gasteiger charge is -2.36. The van der Waals surface area contributed by atoms with Gasteiger partial charge in [0.05, 0.1) is 11.0 Å². The Morgan fingerprint density at radius 3 is 2.75 bits per heavy atom. The second-order valence-electron chi connectivity index (χ2n) is 4.85. The molecule has 3 rings (SSSR count). The summed E-state index contributed by atoms with van der Waals surface area (Å²) in [5.74, 6) is 0. The number of piperidine rings is 1. The van der Waals surface area contributed by atoms with Crippen LogP contribution in [0.5, 0.6) is 0 Å². The van der Waals surface area contributed by atoms with Gasteiger partial charge in [-0.3, -0.25) is 10.1 Å². The van der Waals surface area contributed by atoms with Gasteiger partial charge in [0.25, 0.3) is 5.69 Å². The summed E-state index contributed by atoms with van der Waals surface area (Å²) in [6.07, 6.45) is 5.28. The smallest absolute Gasteiger partial charge is 0.269 e. The van der Waals surface area contributed by atoms with E-state index in [1.165, 1.54) is 6.42 Å². The third kappa shape index (κ3) is 2.51. The molecular weight excluding hydrogens is 274 g/mol. The lowest BCUT2D eigenvalue weighted by atomic mass is 10.0. The zero-order valence-electron chi connectivity index (χ0n) is 10.9. The molecule has 1 aliphatic heterocycles. The molecule has 2 aromatic rings. The Bertz CT molecular complexity index is 583. The number of rotatable bonds is 3. The van der Waals surface area contributed by atoms with Crippen LogP contribution in [0, 0.1) is 10.1 Å². The summed E-state index contributed by atoms with van der Waals surface area (Å²) in [7, 11) is 0. The molecule has 1 fully saturated rings. The van der Waals surface area contributed by atoms with Crippen molar-refractivity contribution in [3.63, 3.8) is 0 Å². The third-order valence-electron chi connectivity index (χ3n) is 3.63. The van der Waals surface area contributed by atoms with Crippen LogP contribution in [0.1, 0.15) is 30.3 Å². The summed E-state index contributed by atoms with van der Waals surface area (Å²) in [4.78, 5) is 17.1. The second kappa shape index (κ2) is 5.58. The summed E-state index contributed by atoms with van der Waals surface area (Å²) < 4.78 is 0. The van der Waals surface area contributed by atoms with Crippen molar-refractivity contribution < 1.29 is 4.92 Å². The second-order valence-corrected chi connectivity index (χ2v) is 5.77. The summed E-state index contributed by atoms with van der Waals surface area (Å²) in [6, 6.07) is 7.12. The van der Waals surface area contributed by atoms with Crippen molar-refractivity contribution in [2.75, 3.05) is 11.4 Å². The minimum atomic E-state index is -0.363. The summed E-state index contributed by atoms with van der Waals surface area (Å²) in [5, 5.41) is 13.8. The maximum atomic E-state index is 10.7. The number of benzene rings is 1. The van der Waals surface area contributed by atoms with Gasteiger partial charge in [0.15, 0.2) is 0 Å². The Morgan fingerprint density at radius 2 is 2.10 bits per heavy atom. The van der Waals surface area contributed by atoms with E-state index in [4.69, 9.17) is 0 Å². The Labute approximate surface area is 121 Å². The first-order valence-corrected chi connectivity index (χ1v) is 7.54. The predicted molar refractivity (Wildman–Crippen MR) is 79.1 cm³/mol. The van der Waals surface area contributed by atoms with Crippen LogP contribution in [0.2, 0.25) is 0 Å². The number of aromatic nitrogens is 1. The van der Waals surface area contributed by atoms with Crippen LogP contribution >= 0.6 is 11.3 Å². The highest BCUT2D eigenvalue weighted by atomic mass is 32.1. The quantitative estimate of drug-likeness (QED) is 0.637. The number of hydrogen-bond acceptors (Lipinski definition) is 5. The third-order valence-corrected chi connectivity index (χ3v) is 4.51. The molecule has 1 saturated heterocycles. The molecule has 20 heavy (non-hydrogen) atoms. The molecular formula is C14H15N3O2S. The predicted octanol–water partition coefficient (Wildman–Crippen LogP) is 3.78.